The van der Waals surface area contributed by atoms with Crippen molar-refractivity contribution in [2.75, 3.05) is 78.9 Å². The van der Waals surface area contributed by atoms with Crippen molar-refractivity contribution in [1.82, 2.24) is 58.5 Å². The van der Waals surface area contributed by atoms with Crippen molar-refractivity contribution < 1.29 is 132 Å². The Morgan fingerprint density at radius 1 is 0.349 bits per heavy atom. The number of hydrogen-bond acceptors (Lipinski definition) is 27. The Bertz CT molecular complexity index is 2690. The van der Waals surface area contributed by atoms with Crippen LogP contribution in [0.3, 0.4) is 0 Å². The molecule has 11 amide bonds. The molecule has 608 valence electrons. The second kappa shape index (κ2) is 53.1. The molecule has 3 saturated heterocycles. The molecule has 0 aromatic rings. The molecule has 38 heteroatoms. The van der Waals surface area contributed by atoms with E-state index < -0.39 is 233 Å². The number of aliphatic hydroxyl groups is 9. The number of ketones is 1. The van der Waals surface area contributed by atoms with E-state index in [2.05, 4.69) is 65.4 Å². The van der Waals surface area contributed by atoms with E-state index in [0.29, 0.717) is 90.0 Å². The van der Waals surface area contributed by atoms with Gasteiger partial charge in [0.1, 0.15) is 85.1 Å². The molecule has 20 N–H and O–H groups in total. The number of aliphatic hydroxyl groups excluding tert-OH is 9. The Morgan fingerprint density at radius 2 is 0.679 bits per heavy atom. The lowest BCUT2D eigenvalue weighted by Crippen LogP contribution is -2.64. The average molecular weight is 1520 g/mol. The second-order valence-electron chi connectivity index (χ2n) is 26.6. The molecule has 0 radical (unpaired) electrons. The smallest absolute Gasteiger partial charge is 0.243 e. The van der Waals surface area contributed by atoms with Gasteiger partial charge in [-0.05, 0) is 44.9 Å². The fourth-order valence-electron chi connectivity index (χ4n) is 11.7. The Hall–Kier alpha value is -6.76. The lowest BCUT2D eigenvalue weighted by Gasteiger charge is -2.42. The topological polar surface area (TPSA) is 575 Å². The molecule has 0 spiro atoms. The monoisotopic (exact) mass is 1520 g/mol. The highest BCUT2D eigenvalue weighted by Crippen LogP contribution is 2.26. The molecular formula is C68H119N11O27. The van der Waals surface area contributed by atoms with Crippen molar-refractivity contribution in [2.24, 2.45) is 0 Å². The summed E-state index contributed by atoms with van der Waals surface area (Å²) in [5, 5.41) is 119. The predicted molar refractivity (Wildman–Crippen MR) is 373 cm³/mol. The van der Waals surface area contributed by atoms with Gasteiger partial charge in [-0.15, -0.1) is 0 Å². The minimum atomic E-state index is -1.74. The van der Waals surface area contributed by atoms with Gasteiger partial charge in [0.05, 0.1) is 52.3 Å². The maximum absolute atomic E-state index is 14.0. The fourth-order valence-corrected chi connectivity index (χ4v) is 11.7. The molecule has 0 saturated carbocycles. The van der Waals surface area contributed by atoms with E-state index >= 15 is 0 Å². The third-order valence-corrected chi connectivity index (χ3v) is 17.6. The summed E-state index contributed by atoms with van der Waals surface area (Å²) in [6, 6.07) is -6.76. The van der Waals surface area contributed by atoms with Crippen LogP contribution in [0.2, 0.25) is 0 Å². The van der Waals surface area contributed by atoms with Crippen LogP contribution in [0, 0.1) is 0 Å². The van der Waals surface area contributed by atoms with Gasteiger partial charge in [0.25, 0.3) is 0 Å². The third kappa shape index (κ3) is 36.9. The van der Waals surface area contributed by atoms with E-state index in [4.69, 9.17) is 28.4 Å². The highest BCUT2D eigenvalue weighted by molar-refractivity contribution is 5.97. The second-order valence-corrected chi connectivity index (χ2v) is 26.6. The van der Waals surface area contributed by atoms with Crippen LogP contribution >= 0.6 is 0 Å². The Labute approximate surface area is 617 Å². The number of ether oxygens (including phenoxy) is 6. The fraction of sp³-hybridized carbons (Fsp3) is 0.824. The van der Waals surface area contributed by atoms with E-state index in [1.165, 1.54) is 20.8 Å². The van der Waals surface area contributed by atoms with Gasteiger partial charge in [-0.3, -0.25) is 57.5 Å². The molecule has 0 aromatic carbocycles. The van der Waals surface area contributed by atoms with Crippen molar-refractivity contribution in [3.05, 3.63) is 0 Å². The van der Waals surface area contributed by atoms with E-state index in [1.54, 1.807) is 0 Å². The molecule has 3 heterocycles. The summed E-state index contributed by atoms with van der Waals surface area (Å²) in [7, 11) is 0. The number of carbonyl (C=O) groups is 12. The van der Waals surface area contributed by atoms with E-state index in [1.807, 2.05) is 0 Å². The SMILES string of the molecule is CCCCCCCNC(=O)CCC(=O)NC(CC(=O)NC(CC(=O)NCC(=O)NCCCCCCO[C@@H]1OC(CO)[C@H](O)C(O)[C@@H]1NC(C)=O)C(=O)NCC(=O)CCCCCCCO[C@@H]1OC(CO)[C@H](O)C(O)C1NC(C)=O)C(=O)NCC(=O)NCCCCCCO[C@@H]1OC(CO)[C@H](O)C(O)C1NC(C)=O. The normalized spacial score (nSPS) is 24.7. The Kier molecular flexibility index (Phi) is 46.8. The molecule has 106 heavy (non-hydrogen) atoms. The van der Waals surface area contributed by atoms with Gasteiger partial charge in [0, 0.05) is 79.5 Å². The lowest BCUT2D eigenvalue weighted by molar-refractivity contribution is -0.270. The Balaban J connectivity index is 1.63. The molecule has 3 aliphatic rings. The van der Waals surface area contributed by atoms with Gasteiger partial charge in [-0.25, -0.2) is 0 Å². The van der Waals surface area contributed by atoms with E-state index in [0.717, 1.165) is 32.1 Å². The van der Waals surface area contributed by atoms with Gasteiger partial charge in [0.15, 0.2) is 24.7 Å². The summed E-state index contributed by atoms with van der Waals surface area (Å²) in [6.07, 6.45) is -6.37. The maximum atomic E-state index is 14.0. The van der Waals surface area contributed by atoms with E-state index in [9.17, 15) is 103 Å². The van der Waals surface area contributed by atoms with Crippen molar-refractivity contribution >= 4 is 70.8 Å². The van der Waals surface area contributed by atoms with E-state index in [-0.39, 0.29) is 45.8 Å². The molecule has 0 bridgehead atoms. The van der Waals surface area contributed by atoms with Crippen molar-refractivity contribution in [3.8, 4) is 0 Å². The first-order valence-electron chi connectivity index (χ1n) is 36.9. The first kappa shape index (κ1) is 93.4. The number of amides is 11. The number of Topliss-reactive ketones (excluding diaryl/α,β-unsaturated/α-hetero) is 1. The highest BCUT2D eigenvalue weighted by Gasteiger charge is 2.48. The van der Waals surface area contributed by atoms with Crippen molar-refractivity contribution in [2.45, 2.75) is 279 Å². The summed E-state index contributed by atoms with van der Waals surface area (Å²) in [4.78, 5) is 155. The largest absolute Gasteiger partial charge is 0.394 e. The van der Waals surface area contributed by atoms with Gasteiger partial charge in [-0.2, -0.15) is 0 Å². The quantitative estimate of drug-likeness (QED) is 0.0252. The van der Waals surface area contributed by atoms with Crippen LogP contribution in [0.1, 0.15) is 175 Å². The summed E-state index contributed by atoms with van der Waals surface area (Å²) in [5.74, 6) is -8.46. The summed E-state index contributed by atoms with van der Waals surface area (Å²) in [6.45, 7) is 3.27. The molecule has 38 nitrogen and oxygen atoms in total. The number of nitrogens with one attached hydrogen (secondary N) is 11. The van der Waals surface area contributed by atoms with Crippen molar-refractivity contribution in [3.63, 3.8) is 0 Å². The van der Waals surface area contributed by atoms with Crippen LogP contribution in [-0.4, -0.2) is 300 Å². The molecule has 0 aromatic heterocycles. The molecule has 3 rings (SSSR count). The van der Waals surface area contributed by atoms with Gasteiger partial charge in [0.2, 0.25) is 65.0 Å². The minimum Gasteiger partial charge on any atom is -0.394 e. The summed E-state index contributed by atoms with van der Waals surface area (Å²) in [5.41, 5.74) is 0. The molecule has 10 unspecified atom stereocenters. The first-order valence-corrected chi connectivity index (χ1v) is 36.9. The van der Waals surface area contributed by atoms with Gasteiger partial charge >= 0.3 is 0 Å². The van der Waals surface area contributed by atoms with Crippen LogP contribution in [0.5, 0.6) is 0 Å². The molecule has 17 atom stereocenters. The Morgan fingerprint density at radius 3 is 1.08 bits per heavy atom. The van der Waals surface area contributed by atoms with Crippen LogP contribution < -0.4 is 58.5 Å². The standard InChI is InChI=1S/C68H119N11O27/c1-5-6-7-10-17-26-69-49(87)24-25-50(88)78-45(65(100)74-36-54(92)71-28-19-12-15-22-31-103-68-57(77-42(4)85)63(98)60(95)48(39-82)106-68)33-52(90)79-44(64(99)73-34-43(86)23-16-9-8-13-20-29-101-66-55(75-40(2)83)61(96)58(93)46(37-80)104-66)32-51(89)72-35-53(91)70-27-18-11-14-21-30-102-67-56(76-41(3)84)62(97)59(94)47(38-81)105-67/h44-48,55-63,66-68,80-82,93-98H,5-39H2,1-4H3,(H,69,87)(H,70,91)(H,71,92)(H,72,89)(H,73,99)(H,74,100)(H,75,83)(H,76,84)(H,77,85)(H,78,88)(H,79,90)/t44?,45?,46?,47?,48?,55?,56-,57?,58-,59-,60-,61?,62?,63?,66+,67+,68+/m0/s1. The number of carbonyl (C=O) groups excluding carboxylic acids is 12. The molecule has 0 aliphatic carbocycles. The zero-order valence-electron chi connectivity index (χ0n) is 61.4. The van der Waals surface area contributed by atoms with Gasteiger partial charge in [-0.1, -0.05) is 77.6 Å². The zero-order valence-corrected chi connectivity index (χ0v) is 61.4. The predicted octanol–water partition coefficient (Wildman–Crippen LogP) is -5.90. The van der Waals surface area contributed by atoms with Crippen LogP contribution in [0.15, 0.2) is 0 Å². The molecular weight excluding hydrogens is 1400 g/mol. The van der Waals surface area contributed by atoms with Crippen LogP contribution in [0.4, 0.5) is 0 Å². The number of unbranched alkanes of at least 4 members (excludes halogenated alkanes) is 14. The maximum Gasteiger partial charge on any atom is 0.243 e. The van der Waals surface area contributed by atoms with Crippen LogP contribution in [-0.2, 0) is 86.0 Å². The van der Waals surface area contributed by atoms with Crippen LogP contribution in [0.25, 0.3) is 0 Å². The first-order chi connectivity index (χ1) is 50.6. The third-order valence-electron chi connectivity index (χ3n) is 17.6. The highest BCUT2D eigenvalue weighted by atomic mass is 16.7. The summed E-state index contributed by atoms with van der Waals surface area (Å²) < 4.78 is 33.9. The minimum absolute atomic E-state index is 0.0124. The summed E-state index contributed by atoms with van der Waals surface area (Å²) >= 11 is 0. The molecule has 3 aliphatic heterocycles. The average Bonchev–Trinajstić information content (AvgIpc) is 0.822. The lowest BCUT2D eigenvalue weighted by atomic mass is 9.97. The number of hydrogen-bond donors (Lipinski definition) is 20. The zero-order chi connectivity index (χ0) is 78.5. The van der Waals surface area contributed by atoms with Crippen molar-refractivity contribution in [1.29, 1.82) is 0 Å². The molecule has 3 fully saturated rings. The number of rotatable bonds is 54. The van der Waals surface area contributed by atoms with Gasteiger partial charge < -0.3 is 133 Å².